The van der Waals surface area contributed by atoms with Crippen molar-refractivity contribution in [1.29, 1.82) is 0 Å². The number of amides is 1. The van der Waals surface area contributed by atoms with Crippen molar-refractivity contribution in [2.45, 2.75) is 78.4 Å². The maximum absolute atomic E-state index is 12.1. The highest BCUT2D eigenvalue weighted by atomic mass is 16.5. The summed E-state index contributed by atoms with van der Waals surface area (Å²) in [5.74, 6) is 2.65. The van der Waals surface area contributed by atoms with Gasteiger partial charge in [-0.2, -0.15) is 0 Å². The standard InChI is InChI=1S/C29H44N2O3/c1-5-6-18-31-29(32)26(30)15-11-10-14-25(22(2)3)19-24-16-17-27(33-4)28(20-24)34-21-23-12-8-7-9-13-23/h7-9,12-13,16-17,20,22,25-26H,5-6,10-11,14-15,18-19,21,30H2,1-4H3,(H,31,32)/t25-,26-/m0/s1. The molecule has 0 aliphatic heterocycles. The van der Waals surface area contributed by atoms with Crippen LogP contribution in [-0.4, -0.2) is 25.6 Å². The van der Waals surface area contributed by atoms with Crippen LogP contribution in [0.25, 0.3) is 0 Å². The van der Waals surface area contributed by atoms with Gasteiger partial charge in [0, 0.05) is 6.54 Å². The van der Waals surface area contributed by atoms with E-state index in [2.05, 4.69) is 50.4 Å². The van der Waals surface area contributed by atoms with Crippen molar-refractivity contribution in [3.8, 4) is 11.5 Å². The molecule has 5 nitrogen and oxygen atoms in total. The van der Waals surface area contributed by atoms with Gasteiger partial charge in [0.05, 0.1) is 13.2 Å². The Morgan fingerprint density at radius 2 is 1.71 bits per heavy atom. The molecule has 0 heterocycles. The smallest absolute Gasteiger partial charge is 0.236 e. The fraction of sp³-hybridized carbons (Fsp3) is 0.552. The van der Waals surface area contributed by atoms with E-state index in [9.17, 15) is 4.79 Å². The molecule has 0 unspecified atom stereocenters. The summed E-state index contributed by atoms with van der Waals surface area (Å²) in [6.07, 6.45) is 6.97. The molecule has 34 heavy (non-hydrogen) atoms. The first-order chi connectivity index (χ1) is 16.4. The Hall–Kier alpha value is -2.53. The molecule has 0 aliphatic rings. The molecular weight excluding hydrogens is 424 g/mol. The Morgan fingerprint density at radius 3 is 2.38 bits per heavy atom. The van der Waals surface area contributed by atoms with Crippen LogP contribution in [0.2, 0.25) is 0 Å². The maximum Gasteiger partial charge on any atom is 0.236 e. The van der Waals surface area contributed by atoms with Crippen molar-refractivity contribution in [3.63, 3.8) is 0 Å². The Morgan fingerprint density at radius 1 is 0.971 bits per heavy atom. The molecule has 3 N–H and O–H groups in total. The normalized spacial score (nSPS) is 12.9. The number of benzene rings is 2. The van der Waals surface area contributed by atoms with Crippen LogP contribution in [0.1, 0.15) is 70.4 Å². The highest BCUT2D eigenvalue weighted by molar-refractivity contribution is 5.81. The summed E-state index contributed by atoms with van der Waals surface area (Å²) in [4.78, 5) is 12.1. The minimum atomic E-state index is -0.403. The highest BCUT2D eigenvalue weighted by Gasteiger charge is 2.17. The van der Waals surface area contributed by atoms with Crippen molar-refractivity contribution in [3.05, 3.63) is 59.7 Å². The molecule has 0 fully saturated rings. The largest absolute Gasteiger partial charge is 0.493 e. The second kappa shape index (κ2) is 15.4. The SMILES string of the molecule is CCCCNC(=O)[C@@H](N)CCCC[C@@H](Cc1ccc(OC)c(OCc2ccccc2)c1)C(C)C. The third-order valence-electron chi connectivity index (χ3n) is 6.41. The molecule has 1 amide bonds. The predicted octanol–water partition coefficient (Wildman–Crippen LogP) is 5.89. The molecule has 2 aromatic carbocycles. The lowest BCUT2D eigenvalue weighted by atomic mass is 9.85. The molecule has 0 bridgehead atoms. The molecule has 0 radical (unpaired) electrons. The molecule has 188 valence electrons. The van der Waals surface area contributed by atoms with Crippen LogP contribution in [0.15, 0.2) is 48.5 Å². The summed E-state index contributed by atoms with van der Waals surface area (Å²) >= 11 is 0. The van der Waals surface area contributed by atoms with Gasteiger partial charge in [-0.05, 0) is 60.8 Å². The average molecular weight is 469 g/mol. The van der Waals surface area contributed by atoms with Crippen LogP contribution in [0, 0.1) is 11.8 Å². The first-order valence-electron chi connectivity index (χ1n) is 12.8. The second-order valence-corrected chi connectivity index (χ2v) is 9.50. The number of carbonyl (C=O) groups is 1. The van der Waals surface area contributed by atoms with E-state index in [0.29, 0.717) is 18.4 Å². The number of hydrogen-bond donors (Lipinski definition) is 2. The van der Waals surface area contributed by atoms with Crippen LogP contribution in [-0.2, 0) is 17.8 Å². The van der Waals surface area contributed by atoms with Crippen LogP contribution in [0.3, 0.4) is 0 Å². The molecule has 2 aromatic rings. The molecule has 2 atom stereocenters. The number of ether oxygens (including phenoxy) is 2. The van der Waals surface area contributed by atoms with Gasteiger partial charge in [-0.3, -0.25) is 4.79 Å². The summed E-state index contributed by atoms with van der Waals surface area (Å²) in [6.45, 7) is 7.92. The maximum atomic E-state index is 12.1. The molecule has 0 saturated heterocycles. The van der Waals surface area contributed by atoms with E-state index in [1.54, 1.807) is 7.11 Å². The fourth-order valence-electron chi connectivity index (χ4n) is 4.09. The highest BCUT2D eigenvalue weighted by Crippen LogP contribution is 2.31. The lowest BCUT2D eigenvalue weighted by molar-refractivity contribution is -0.122. The van der Waals surface area contributed by atoms with E-state index < -0.39 is 6.04 Å². The minimum Gasteiger partial charge on any atom is -0.493 e. The average Bonchev–Trinajstić information content (AvgIpc) is 2.85. The van der Waals surface area contributed by atoms with Crippen molar-refractivity contribution in [2.24, 2.45) is 17.6 Å². The third-order valence-corrected chi connectivity index (χ3v) is 6.41. The van der Waals surface area contributed by atoms with Crippen LogP contribution in [0.5, 0.6) is 11.5 Å². The van der Waals surface area contributed by atoms with Crippen molar-refractivity contribution in [1.82, 2.24) is 5.32 Å². The van der Waals surface area contributed by atoms with Gasteiger partial charge in [0.2, 0.25) is 5.91 Å². The summed E-state index contributed by atoms with van der Waals surface area (Å²) in [5.41, 5.74) is 8.47. The van der Waals surface area contributed by atoms with E-state index >= 15 is 0 Å². The summed E-state index contributed by atoms with van der Waals surface area (Å²) in [7, 11) is 1.68. The zero-order chi connectivity index (χ0) is 24.8. The van der Waals surface area contributed by atoms with Crippen molar-refractivity contribution >= 4 is 5.91 Å². The number of nitrogens with one attached hydrogen (secondary N) is 1. The summed E-state index contributed by atoms with van der Waals surface area (Å²) < 4.78 is 11.6. The van der Waals surface area contributed by atoms with E-state index in [4.69, 9.17) is 15.2 Å². The molecule has 0 aromatic heterocycles. The fourth-order valence-corrected chi connectivity index (χ4v) is 4.09. The van der Waals surface area contributed by atoms with Crippen molar-refractivity contribution in [2.75, 3.05) is 13.7 Å². The lowest BCUT2D eigenvalue weighted by Crippen LogP contribution is -2.40. The third kappa shape index (κ3) is 9.76. The van der Waals surface area contributed by atoms with Gasteiger partial charge in [-0.25, -0.2) is 0 Å². The van der Waals surface area contributed by atoms with E-state index in [1.807, 2.05) is 24.3 Å². The molecule has 2 rings (SSSR count). The van der Waals surface area contributed by atoms with Gasteiger partial charge in [0.25, 0.3) is 0 Å². The van der Waals surface area contributed by atoms with Gasteiger partial charge in [-0.1, -0.05) is 76.4 Å². The number of methoxy groups -OCH3 is 1. The number of rotatable bonds is 16. The molecule has 0 saturated carbocycles. The lowest BCUT2D eigenvalue weighted by Gasteiger charge is -2.22. The summed E-state index contributed by atoms with van der Waals surface area (Å²) in [5, 5.41) is 2.93. The number of nitrogens with two attached hydrogens (primary N) is 1. The first-order valence-corrected chi connectivity index (χ1v) is 12.8. The van der Waals surface area contributed by atoms with Crippen LogP contribution < -0.4 is 20.5 Å². The molecule has 5 heteroatoms. The van der Waals surface area contributed by atoms with Crippen molar-refractivity contribution < 1.29 is 14.3 Å². The van der Waals surface area contributed by atoms with E-state index in [1.165, 1.54) is 5.56 Å². The van der Waals surface area contributed by atoms with E-state index in [-0.39, 0.29) is 5.91 Å². The Labute approximate surface area is 206 Å². The quantitative estimate of drug-likeness (QED) is 0.301. The van der Waals surface area contributed by atoms with Crippen LogP contribution in [0.4, 0.5) is 0 Å². The van der Waals surface area contributed by atoms with E-state index in [0.717, 1.165) is 68.6 Å². The topological polar surface area (TPSA) is 73.6 Å². The summed E-state index contributed by atoms with van der Waals surface area (Å²) in [6, 6.07) is 16.0. The predicted molar refractivity (Wildman–Crippen MR) is 140 cm³/mol. The number of unbranched alkanes of at least 4 members (excludes halogenated alkanes) is 2. The number of carbonyl (C=O) groups excluding carboxylic acids is 1. The molecule has 0 aliphatic carbocycles. The first kappa shape index (κ1) is 27.7. The van der Waals surface area contributed by atoms with Crippen LogP contribution >= 0.6 is 0 Å². The minimum absolute atomic E-state index is 0.0184. The van der Waals surface area contributed by atoms with Gasteiger partial charge < -0.3 is 20.5 Å². The van der Waals surface area contributed by atoms with Gasteiger partial charge >= 0.3 is 0 Å². The van der Waals surface area contributed by atoms with Gasteiger partial charge in [0.1, 0.15) is 6.61 Å². The van der Waals surface area contributed by atoms with Gasteiger partial charge in [-0.15, -0.1) is 0 Å². The number of hydrogen-bond acceptors (Lipinski definition) is 4. The zero-order valence-corrected chi connectivity index (χ0v) is 21.5. The monoisotopic (exact) mass is 468 g/mol. The zero-order valence-electron chi connectivity index (χ0n) is 21.5. The van der Waals surface area contributed by atoms with Gasteiger partial charge in [0.15, 0.2) is 11.5 Å². The molecule has 0 spiro atoms. The molecular formula is C29H44N2O3. The second-order valence-electron chi connectivity index (χ2n) is 9.50. The Kier molecular flexibility index (Phi) is 12.5. The Balaban J connectivity index is 1.87. The Bertz CT molecular complexity index is 839.